The van der Waals surface area contributed by atoms with Gasteiger partial charge in [-0.25, -0.2) is 0 Å². The number of ether oxygens (including phenoxy) is 2. The van der Waals surface area contributed by atoms with E-state index in [4.69, 9.17) is 9.47 Å². The molecular formula is C14H12N4O3S. The van der Waals surface area contributed by atoms with Gasteiger partial charge in [0.15, 0.2) is 11.5 Å². The molecule has 0 radical (unpaired) electrons. The van der Waals surface area contributed by atoms with E-state index < -0.39 is 0 Å². The second-order valence-electron chi connectivity index (χ2n) is 4.88. The van der Waals surface area contributed by atoms with Crippen LogP contribution in [0.4, 0.5) is 0 Å². The summed E-state index contributed by atoms with van der Waals surface area (Å²) < 4.78 is 12.4. The Bertz CT molecular complexity index is 846. The molecule has 0 unspecified atom stereocenters. The third kappa shape index (κ3) is 2.16. The Labute approximate surface area is 130 Å². The molecule has 0 amide bonds. The molecule has 2 aliphatic rings. The summed E-state index contributed by atoms with van der Waals surface area (Å²) in [4.78, 5) is 12.1. The monoisotopic (exact) mass is 316 g/mol. The molecule has 4 rings (SSSR count). The lowest BCUT2D eigenvalue weighted by atomic mass is 10.1. The number of fused-ring (bicyclic) bond motifs is 2. The molecule has 0 spiro atoms. The number of nitrogens with zero attached hydrogens (tertiary/aromatic N) is 4. The van der Waals surface area contributed by atoms with E-state index in [-0.39, 0.29) is 5.56 Å². The summed E-state index contributed by atoms with van der Waals surface area (Å²) >= 11 is 1.44. The SMILES string of the molecule is Cc1nnc2n(c1=O)N=C(c1ccc3c(c1)OCCO3)CS2. The topological polar surface area (TPSA) is 78.6 Å². The van der Waals surface area contributed by atoms with Crippen LogP contribution < -0.4 is 15.0 Å². The number of aromatic nitrogens is 3. The molecule has 112 valence electrons. The minimum absolute atomic E-state index is 0.243. The quantitative estimate of drug-likeness (QED) is 0.783. The van der Waals surface area contributed by atoms with Crippen molar-refractivity contribution in [2.75, 3.05) is 19.0 Å². The lowest BCUT2D eigenvalue weighted by Gasteiger charge is -2.20. The molecule has 2 aliphatic heterocycles. The van der Waals surface area contributed by atoms with Crippen molar-refractivity contribution in [3.05, 3.63) is 39.8 Å². The van der Waals surface area contributed by atoms with Gasteiger partial charge in [0.05, 0.1) is 5.71 Å². The van der Waals surface area contributed by atoms with Gasteiger partial charge in [-0.1, -0.05) is 11.8 Å². The molecule has 0 aliphatic carbocycles. The molecule has 2 aromatic rings. The average Bonchev–Trinajstić information content (AvgIpc) is 2.57. The number of aryl methyl sites for hydroxylation is 1. The first-order valence-corrected chi connectivity index (χ1v) is 7.78. The summed E-state index contributed by atoms with van der Waals surface area (Å²) in [7, 11) is 0. The van der Waals surface area contributed by atoms with Crippen LogP contribution >= 0.6 is 11.8 Å². The predicted octanol–water partition coefficient (Wildman–Crippen LogP) is 1.08. The molecule has 0 saturated carbocycles. The maximum Gasteiger partial charge on any atom is 0.296 e. The molecule has 1 aromatic heterocycles. The van der Waals surface area contributed by atoms with Crippen LogP contribution in [0.5, 0.6) is 11.5 Å². The minimum atomic E-state index is -0.243. The van der Waals surface area contributed by atoms with E-state index in [0.717, 1.165) is 17.0 Å². The first-order chi connectivity index (χ1) is 10.7. The summed E-state index contributed by atoms with van der Waals surface area (Å²) in [6, 6.07) is 5.68. The molecule has 0 N–H and O–H groups in total. The highest BCUT2D eigenvalue weighted by atomic mass is 32.2. The van der Waals surface area contributed by atoms with Crippen LogP contribution in [-0.4, -0.2) is 39.6 Å². The summed E-state index contributed by atoms with van der Waals surface area (Å²) in [5.41, 5.74) is 1.79. The molecule has 8 heteroatoms. The fraction of sp³-hybridized carbons (Fsp3) is 0.286. The zero-order chi connectivity index (χ0) is 15.1. The second kappa shape index (κ2) is 5.13. The van der Waals surface area contributed by atoms with Crippen molar-refractivity contribution >= 4 is 17.5 Å². The first-order valence-electron chi connectivity index (χ1n) is 6.79. The van der Waals surface area contributed by atoms with Crippen molar-refractivity contribution in [1.82, 2.24) is 14.9 Å². The van der Waals surface area contributed by atoms with Crippen LogP contribution in [-0.2, 0) is 0 Å². The van der Waals surface area contributed by atoms with Crippen molar-refractivity contribution in [2.24, 2.45) is 5.10 Å². The zero-order valence-electron chi connectivity index (χ0n) is 11.8. The Kier molecular flexibility index (Phi) is 3.11. The third-order valence-electron chi connectivity index (χ3n) is 3.40. The number of thioether (sulfide) groups is 1. The Balaban J connectivity index is 1.79. The van der Waals surface area contributed by atoms with E-state index in [0.29, 0.717) is 35.6 Å². The molecule has 0 fully saturated rings. The highest BCUT2D eigenvalue weighted by Gasteiger charge is 2.20. The van der Waals surface area contributed by atoms with Crippen LogP contribution in [0.1, 0.15) is 11.3 Å². The van der Waals surface area contributed by atoms with Crippen LogP contribution in [0.3, 0.4) is 0 Å². The van der Waals surface area contributed by atoms with Crippen LogP contribution in [0.15, 0.2) is 33.3 Å². The van der Waals surface area contributed by atoms with Gasteiger partial charge in [0.1, 0.15) is 18.9 Å². The van der Waals surface area contributed by atoms with Crippen LogP contribution in [0.25, 0.3) is 0 Å². The lowest BCUT2D eigenvalue weighted by molar-refractivity contribution is 0.171. The van der Waals surface area contributed by atoms with Gasteiger partial charge in [-0.05, 0) is 25.1 Å². The van der Waals surface area contributed by atoms with E-state index in [1.165, 1.54) is 16.4 Å². The first kappa shape index (κ1) is 13.3. The normalized spacial score (nSPS) is 16.0. The number of rotatable bonds is 1. The smallest absolute Gasteiger partial charge is 0.296 e. The van der Waals surface area contributed by atoms with Crippen LogP contribution in [0.2, 0.25) is 0 Å². The van der Waals surface area contributed by atoms with Crippen LogP contribution in [0, 0.1) is 6.92 Å². The molecule has 0 atom stereocenters. The minimum Gasteiger partial charge on any atom is -0.486 e. The van der Waals surface area contributed by atoms with Gasteiger partial charge in [0.25, 0.3) is 5.56 Å². The summed E-state index contributed by atoms with van der Waals surface area (Å²) in [5, 5.41) is 12.8. The average molecular weight is 316 g/mol. The number of hydrogen-bond acceptors (Lipinski definition) is 7. The highest BCUT2D eigenvalue weighted by Crippen LogP contribution is 2.32. The number of hydrogen-bond donors (Lipinski definition) is 0. The van der Waals surface area contributed by atoms with Gasteiger partial charge >= 0.3 is 0 Å². The zero-order valence-corrected chi connectivity index (χ0v) is 12.6. The molecule has 0 bridgehead atoms. The van der Waals surface area contributed by atoms with Gasteiger partial charge in [0, 0.05) is 11.3 Å². The predicted molar refractivity (Wildman–Crippen MR) is 81.1 cm³/mol. The van der Waals surface area contributed by atoms with Crippen molar-refractivity contribution in [3.63, 3.8) is 0 Å². The van der Waals surface area contributed by atoms with E-state index in [1.54, 1.807) is 6.92 Å². The Morgan fingerprint density at radius 3 is 2.86 bits per heavy atom. The Hall–Kier alpha value is -2.35. The Morgan fingerprint density at radius 1 is 1.18 bits per heavy atom. The van der Waals surface area contributed by atoms with Crippen molar-refractivity contribution in [3.8, 4) is 11.5 Å². The van der Waals surface area contributed by atoms with Gasteiger partial charge in [-0.3, -0.25) is 4.79 Å². The Morgan fingerprint density at radius 2 is 2.00 bits per heavy atom. The van der Waals surface area contributed by atoms with E-state index in [1.807, 2.05) is 18.2 Å². The fourth-order valence-corrected chi connectivity index (χ4v) is 3.10. The molecular weight excluding hydrogens is 304 g/mol. The molecule has 22 heavy (non-hydrogen) atoms. The summed E-state index contributed by atoms with van der Waals surface area (Å²) in [5.74, 6) is 2.06. The third-order valence-corrected chi connectivity index (χ3v) is 4.33. The number of benzene rings is 1. The summed E-state index contributed by atoms with van der Waals surface area (Å²) in [6.45, 7) is 2.72. The van der Waals surface area contributed by atoms with Crippen molar-refractivity contribution < 1.29 is 9.47 Å². The lowest BCUT2D eigenvalue weighted by Crippen LogP contribution is -2.28. The maximum absolute atomic E-state index is 12.1. The molecule has 3 heterocycles. The van der Waals surface area contributed by atoms with E-state index in [2.05, 4.69) is 15.3 Å². The van der Waals surface area contributed by atoms with Crippen molar-refractivity contribution in [1.29, 1.82) is 0 Å². The summed E-state index contributed by atoms with van der Waals surface area (Å²) in [6.07, 6.45) is 0. The molecule has 7 nitrogen and oxygen atoms in total. The second-order valence-corrected chi connectivity index (χ2v) is 5.82. The van der Waals surface area contributed by atoms with E-state index in [9.17, 15) is 4.79 Å². The van der Waals surface area contributed by atoms with Gasteiger partial charge < -0.3 is 9.47 Å². The van der Waals surface area contributed by atoms with E-state index >= 15 is 0 Å². The highest BCUT2D eigenvalue weighted by molar-refractivity contribution is 7.99. The fourth-order valence-electron chi connectivity index (χ4n) is 2.27. The molecule has 0 saturated heterocycles. The van der Waals surface area contributed by atoms with Gasteiger partial charge in [0.2, 0.25) is 5.16 Å². The van der Waals surface area contributed by atoms with Gasteiger partial charge in [-0.2, -0.15) is 9.78 Å². The maximum atomic E-state index is 12.1. The largest absolute Gasteiger partial charge is 0.486 e. The molecule has 1 aromatic carbocycles. The standard InChI is InChI=1S/C14H12N4O3S/c1-8-13(19)18-14(16-15-8)22-7-10(17-18)9-2-3-11-12(6-9)21-5-4-20-11/h2-3,6H,4-5,7H2,1H3. The van der Waals surface area contributed by atoms with Crippen molar-refractivity contribution in [2.45, 2.75) is 12.1 Å². The van der Waals surface area contributed by atoms with Gasteiger partial charge in [-0.15, -0.1) is 10.2 Å².